The minimum Gasteiger partial charge on any atom is -0.368 e. The van der Waals surface area contributed by atoms with Gasteiger partial charge in [-0.25, -0.2) is 4.68 Å². The molecule has 1 aliphatic carbocycles. The van der Waals surface area contributed by atoms with Gasteiger partial charge in [0.1, 0.15) is 6.04 Å². The normalized spacial score (nSPS) is 17.0. The molecule has 3 N–H and O–H groups in total. The highest BCUT2D eigenvalue weighted by Gasteiger charge is 2.20. The molecule has 0 spiro atoms. The Morgan fingerprint density at radius 2 is 2.47 bits per heavy atom. The summed E-state index contributed by atoms with van der Waals surface area (Å²) in [6.45, 7) is 3.65. The number of carbonyl (C=O) groups excluding carboxylic acids is 1. The van der Waals surface area contributed by atoms with Crippen molar-refractivity contribution in [2.75, 3.05) is 6.54 Å². The molecule has 1 aromatic heterocycles. The van der Waals surface area contributed by atoms with Gasteiger partial charge in [-0.1, -0.05) is 12.1 Å². The van der Waals surface area contributed by atoms with Crippen LogP contribution in [-0.2, 0) is 11.3 Å². The third-order valence-corrected chi connectivity index (χ3v) is 3.03. The van der Waals surface area contributed by atoms with Crippen molar-refractivity contribution >= 4 is 5.91 Å². The molecular weight excluding hydrogens is 218 g/mol. The van der Waals surface area contributed by atoms with E-state index in [9.17, 15) is 4.79 Å². The molecule has 0 aromatic carbocycles. The summed E-state index contributed by atoms with van der Waals surface area (Å²) in [4.78, 5) is 11.2. The number of hydrogen-bond donors (Lipinski definition) is 2. The van der Waals surface area contributed by atoms with E-state index in [0.29, 0.717) is 13.0 Å². The van der Waals surface area contributed by atoms with Gasteiger partial charge < -0.3 is 11.1 Å². The van der Waals surface area contributed by atoms with E-state index >= 15 is 0 Å². The van der Waals surface area contributed by atoms with Crippen LogP contribution in [0.1, 0.15) is 37.9 Å². The van der Waals surface area contributed by atoms with Crippen molar-refractivity contribution in [1.29, 1.82) is 0 Å². The van der Waals surface area contributed by atoms with E-state index in [4.69, 9.17) is 5.73 Å². The molecule has 1 saturated carbocycles. The predicted molar refractivity (Wildman–Crippen MR) is 63.0 cm³/mol. The average molecular weight is 237 g/mol. The summed E-state index contributed by atoms with van der Waals surface area (Å²) in [5.74, 6) is 0.481. The fraction of sp³-hybridized carbons (Fsp3) is 0.727. The molecule has 1 unspecified atom stereocenters. The van der Waals surface area contributed by atoms with Gasteiger partial charge in [0.05, 0.1) is 11.9 Å². The molecule has 0 aliphatic heterocycles. The van der Waals surface area contributed by atoms with Crippen molar-refractivity contribution < 1.29 is 4.79 Å². The smallest absolute Gasteiger partial charge is 0.242 e. The van der Waals surface area contributed by atoms with Crippen molar-refractivity contribution in [3.05, 3.63) is 11.9 Å². The van der Waals surface area contributed by atoms with E-state index in [1.54, 1.807) is 10.9 Å². The molecule has 6 heteroatoms. The number of primary amides is 1. The first-order valence-corrected chi connectivity index (χ1v) is 6.11. The fourth-order valence-electron chi connectivity index (χ4n) is 1.79. The maximum atomic E-state index is 11.2. The highest BCUT2D eigenvalue weighted by Crippen LogP contribution is 2.27. The maximum absolute atomic E-state index is 11.2. The lowest BCUT2D eigenvalue weighted by molar-refractivity contribution is -0.121. The van der Waals surface area contributed by atoms with Crippen LogP contribution in [0.25, 0.3) is 0 Å². The summed E-state index contributed by atoms with van der Waals surface area (Å²) < 4.78 is 1.55. The van der Waals surface area contributed by atoms with Crippen LogP contribution in [0.3, 0.4) is 0 Å². The first-order valence-electron chi connectivity index (χ1n) is 6.11. The summed E-state index contributed by atoms with van der Waals surface area (Å²) in [7, 11) is 0. The first kappa shape index (κ1) is 12.0. The number of nitrogens with one attached hydrogen (secondary N) is 1. The van der Waals surface area contributed by atoms with Crippen LogP contribution >= 0.6 is 0 Å². The number of aromatic nitrogens is 3. The largest absolute Gasteiger partial charge is 0.368 e. The van der Waals surface area contributed by atoms with Gasteiger partial charge in [0, 0.05) is 6.54 Å². The zero-order valence-corrected chi connectivity index (χ0v) is 10.1. The van der Waals surface area contributed by atoms with Crippen LogP contribution in [0.4, 0.5) is 0 Å². The minimum atomic E-state index is -0.389. The van der Waals surface area contributed by atoms with Crippen LogP contribution in [-0.4, -0.2) is 27.4 Å². The highest BCUT2D eigenvalue weighted by molar-refractivity contribution is 5.78. The van der Waals surface area contributed by atoms with Crippen LogP contribution in [0.2, 0.25) is 0 Å². The number of carbonyl (C=O) groups is 1. The van der Waals surface area contributed by atoms with Gasteiger partial charge in [-0.2, -0.15) is 0 Å². The lowest BCUT2D eigenvalue weighted by Crippen LogP contribution is -2.26. The van der Waals surface area contributed by atoms with E-state index in [2.05, 4.69) is 15.6 Å². The second-order valence-corrected chi connectivity index (χ2v) is 4.59. The molecule has 1 aliphatic rings. The van der Waals surface area contributed by atoms with Gasteiger partial charge in [-0.3, -0.25) is 4.79 Å². The van der Waals surface area contributed by atoms with Crippen LogP contribution in [0, 0.1) is 5.92 Å². The number of nitrogens with zero attached hydrogens (tertiary/aromatic N) is 3. The van der Waals surface area contributed by atoms with Gasteiger partial charge in [0.25, 0.3) is 0 Å². The van der Waals surface area contributed by atoms with E-state index < -0.39 is 0 Å². The molecule has 1 amide bonds. The summed E-state index contributed by atoms with van der Waals surface area (Å²) in [6, 6.07) is -0.389. The summed E-state index contributed by atoms with van der Waals surface area (Å²) in [5, 5.41) is 11.3. The summed E-state index contributed by atoms with van der Waals surface area (Å²) >= 11 is 0. The number of amides is 1. The Morgan fingerprint density at radius 1 is 1.71 bits per heavy atom. The maximum Gasteiger partial charge on any atom is 0.242 e. The molecule has 1 atom stereocenters. The van der Waals surface area contributed by atoms with Gasteiger partial charge in [-0.05, 0) is 31.7 Å². The Balaban J connectivity index is 1.87. The monoisotopic (exact) mass is 237 g/mol. The Kier molecular flexibility index (Phi) is 3.73. The zero-order valence-electron chi connectivity index (χ0n) is 10.1. The topological polar surface area (TPSA) is 85.8 Å². The summed E-state index contributed by atoms with van der Waals surface area (Å²) in [6.07, 6.45) is 5.09. The Labute approximate surface area is 101 Å². The molecular formula is C11H19N5O. The van der Waals surface area contributed by atoms with Crippen LogP contribution in [0.15, 0.2) is 6.20 Å². The van der Waals surface area contributed by atoms with E-state index in [-0.39, 0.29) is 11.9 Å². The van der Waals surface area contributed by atoms with Crippen molar-refractivity contribution in [2.45, 2.75) is 38.8 Å². The molecule has 1 fully saturated rings. The van der Waals surface area contributed by atoms with Crippen molar-refractivity contribution in [1.82, 2.24) is 20.3 Å². The van der Waals surface area contributed by atoms with Crippen LogP contribution < -0.4 is 11.1 Å². The Morgan fingerprint density at radius 3 is 3.06 bits per heavy atom. The molecule has 2 rings (SSSR count). The molecule has 0 bridgehead atoms. The quantitative estimate of drug-likeness (QED) is 0.710. The Bertz CT molecular complexity index is 385. The number of nitrogens with two attached hydrogens (primary N) is 1. The SMILES string of the molecule is CCC(C(N)=O)n1cc(CNCC2CC2)nn1. The van der Waals surface area contributed by atoms with Gasteiger partial charge in [0.2, 0.25) is 5.91 Å². The van der Waals surface area contributed by atoms with Crippen LogP contribution in [0.5, 0.6) is 0 Å². The van der Waals surface area contributed by atoms with Crippen molar-refractivity contribution in [2.24, 2.45) is 11.7 Å². The lowest BCUT2D eigenvalue weighted by Gasteiger charge is -2.09. The van der Waals surface area contributed by atoms with Gasteiger partial charge in [0.15, 0.2) is 0 Å². The zero-order chi connectivity index (χ0) is 12.3. The number of rotatable bonds is 7. The second-order valence-electron chi connectivity index (χ2n) is 4.59. The lowest BCUT2D eigenvalue weighted by atomic mass is 10.2. The molecule has 0 radical (unpaired) electrons. The predicted octanol–water partition coefficient (Wildman–Crippen LogP) is 0.214. The molecule has 17 heavy (non-hydrogen) atoms. The van der Waals surface area contributed by atoms with E-state index in [0.717, 1.165) is 18.2 Å². The number of hydrogen-bond acceptors (Lipinski definition) is 4. The molecule has 1 heterocycles. The van der Waals surface area contributed by atoms with Crippen molar-refractivity contribution in [3.8, 4) is 0 Å². The summed E-state index contributed by atoms with van der Waals surface area (Å²) in [5.41, 5.74) is 6.15. The second kappa shape index (κ2) is 5.27. The molecule has 0 saturated heterocycles. The van der Waals surface area contributed by atoms with Gasteiger partial charge >= 0.3 is 0 Å². The average Bonchev–Trinajstić information content (AvgIpc) is 2.99. The third kappa shape index (κ3) is 3.26. The molecule has 6 nitrogen and oxygen atoms in total. The van der Waals surface area contributed by atoms with E-state index in [1.807, 2.05) is 6.92 Å². The fourth-order valence-corrected chi connectivity index (χ4v) is 1.79. The Hall–Kier alpha value is -1.43. The third-order valence-electron chi connectivity index (χ3n) is 3.03. The first-order chi connectivity index (χ1) is 8.20. The standard InChI is InChI=1S/C11H19N5O/c1-2-10(11(12)17)16-7-9(14-15-16)6-13-5-8-3-4-8/h7-8,10,13H,2-6H2,1H3,(H2,12,17). The minimum absolute atomic E-state index is 0.366. The molecule has 1 aromatic rings. The van der Waals surface area contributed by atoms with Crippen molar-refractivity contribution in [3.63, 3.8) is 0 Å². The van der Waals surface area contributed by atoms with E-state index in [1.165, 1.54) is 12.8 Å². The highest BCUT2D eigenvalue weighted by atomic mass is 16.1. The molecule has 94 valence electrons. The van der Waals surface area contributed by atoms with Gasteiger partial charge in [-0.15, -0.1) is 5.10 Å².